The van der Waals surface area contributed by atoms with E-state index in [1.54, 1.807) is 22.3 Å². The Hall–Kier alpha value is -3.88. The number of benzene rings is 1. The predicted octanol–water partition coefficient (Wildman–Crippen LogP) is 4.34. The average molecular weight is 586 g/mol. The smallest absolute Gasteiger partial charge is 0.404 e. The second-order valence-corrected chi connectivity index (χ2v) is 17.2. The topological polar surface area (TPSA) is 132 Å². The minimum Gasteiger partial charge on any atom is -0.445 e. The van der Waals surface area contributed by atoms with E-state index >= 15 is 0 Å². The van der Waals surface area contributed by atoms with E-state index in [1.165, 1.54) is 10.9 Å². The van der Waals surface area contributed by atoms with Gasteiger partial charge in [-0.15, -0.1) is 16.4 Å². The molecule has 1 amide bonds. The lowest BCUT2D eigenvalue weighted by molar-refractivity contribution is 0.0785. The van der Waals surface area contributed by atoms with Crippen molar-refractivity contribution in [3.05, 3.63) is 76.3 Å². The van der Waals surface area contributed by atoms with Crippen molar-refractivity contribution in [2.75, 3.05) is 13.2 Å². The Morgan fingerprint density at radius 3 is 2.58 bits per heavy atom. The molecule has 40 heavy (non-hydrogen) atoms. The van der Waals surface area contributed by atoms with Crippen LogP contribution in [0.25, 0.3) is 21.8 Å². The summed E-state index contributed by atoms with van der Waals surface area (Å²) in [4.78, 5) is 29.8. The van der Waals surface area contributed by atoms with E-state index in [2.05, 4.69) is 39.6 Å². The molecule has 0 aliphatic heterocycles. The fraction of sp³-hybridized carbons (Fsp3) is 0.346. The minimum atomic E-state index is -1.13. The van der Waals surface area contributed by atoms with Crippen molar-refractivity contribution in [1.82, 2.24) is 29.1 Å². The van der Waals surface area contributed by atoms with E-state index in [4.69, 9.17) is 10.5 Å². The molecule has 2 N–H and O–H groups in total. The van der Waals surface area contributed by atoms with Crippen molar-refractivity contribution in [1.29, 1.82) is 0 Å². The van der Waals surface area contributed by atoms with E-state index < -0.39 is 19.9 Å². The molecular formula is C26H32FN7O4SSi. The lowest BCUT2D eigenvalue weighted by Gasteiger charge is -2.15. The molecule has 0 atom stereocenters. The summed E-state index contributed by atoms with van der Waals surface area (Å²) in [6, 6.07) is 13.0. The first-order valence-corrected chi connectivity index (χ1v) is 17.1. The summed E-state index contributed by atoms with van der Waals surface area (Å²) in [6.07, 6.45) is 2.32. The monoisotopic (exact) mass is 585 g/mol. The van der Waals surface area contributed by atoms with Gasteiger partial charge in [-0.3, -0.25) is 4.57 Å². The van der Waals surface area contributed by atoms with Crippen LogP contribution in [-0.2, 0) is 29.3 Å². The molecule has 4 rings (SSSR count). The molecule has 1 aromatic carbocycles. The van der Waals surface area contributed by atoms with Crippen LogP contribution in [0.1, 0.15) is 4.88 Å². The number of hydrogen-bond acceptors (Lipinski definition) is 8. The number of primary amides is 1. The Morgan fingerprint density at radius 2 is 1.88 bits per heavy atom. The molecule has 0 aliphatic carbocycles. The minimum absolute atomic E-state index is 0.0563. The Balaban J connectivity index is 1.35. The van der Waals surface area contributed by atoms with Gasteiger partial charge in [-0.2, -0.15) is 5.10 Å². The van der Waals surface area contributed by atoms with Crippen LogP contribution in [0, 0.1) is 0 Å². The van der Waals surface area contributed by atoms with E-state index in [1.807, 2.05) is 36.4 Å². The van der Waals surface area contributed by atoms with Crippen LogP contribution >= 0.6 is 11.3 Å². The number of hydrogen-bond donors (Lipinski definition) is 1. The van der Waals surface area contributed by atoms with Crippen molar-refractivity contribution in [3.63, 3.8) is 0 Å². The van der Waals surface area contributed by atoms with Crippen molar-refractivity contribution in [3.8, 4) is 21.8 Å². The number of nitrogens with two attached hydrogens (primary N) is 1. The van der Waals surface area contributed by atoms with E-state index in [0.717, 1.165) is 38.2 Å². The fourth-order valence-electron chi connectivity index (χ4n) is 3.65. The van der Waals surface area contributed by atoms with Crippen LogP contribution in [0.5, 0.6) is 0 Å². The first-order valence-electron chi connectivity index (χ1n) is 12.6. The van der Waals surface area contributed by atoms with Gasteiger partial charge in [0.1, 0.15) is 26.0 Å². The number of halogens is 1. The zero-order valence-electron chi connectivity index (χ0n) is 22.6. The highest BCUT2D eigenvalue weighted by atomic mass is 32.1. The van der Waals surface area contributed by atoms with Gasteiger partial charge in [-0.1, -0.05) is 43.9 Å². The number of thiophene rings is 1. The normalized spacial score (nSPS) is 12.2. The number of rotatable bonds is 13. The number of carbonyl (C=O) groups is 1. The molecule has 3 aromatic heterocycles. The van der Waals surface area contributed by atoms with Crippen LogP contribution in [0.15, 0.2) is 65.8 Å². The lowest BCUT2D eigenvalue weighted by Crippen LogP contribution is -2.26. The van der Waals surface area contributed by atoms with Crippen LogP contribution in [0.3, 0.4) is 0 Å². The maximum absolute atomic E-state index is 13.1. The maximum atomic E-state index is 13.1. The third-order valence-corrected chi connectivity index (χ3v) is 8.70. The number of nitrogens with zero attached hydrogens (tertiary/aromatic N) is 6. The molecule has 3 heterocycles. The molecule has 0 radical (unpaired) electrons. The number of carbonyl (C=O) groups excluding carboxylic acids is 1. The molecule has 11 nitrogen and oxygen atoms in total. The average Bonchev–Trinajstić information content (AvgIpc) is 3.66. The van der Waals surface area contributed by atoms with Gasteiger partial charge < -0.3 is 15.2 Å². The predicted molar refractivity (Wildman–Crippen MR) is 153 cm³/mol. The van der Waals surface area contributed by atoms with Gasteiger partial charge in [0.25, 0.3) is 0 Å². The molecular weight excluding hydrogens is 553 g/mol. The summed E-state index contributed by atoms with van der Waals surface area (Å²) in [5.41, 5.74) is 6.49. The molecule has 0 unspecified atom stereocenters. The van der Waals surface area contributed by atoms with Crippen LogP contribution in [0.4, 0.5) is 9.18 Å². The summed E-state index contributed by atoms with van der Waals surface area (Å²) in [6.45, 7) is 7.87. The van der Waals surface area contributed by atoms with Crippen LogP contribution in [0.2, 0.25) is 25.7 Å². The van der Waals surface area contributed by atoms with Crippen molar-refractivity contribution >= 4 is 25.5 Å². The Bertz CT molecular complexity index is 1520. The van der Waals surface area contributed by atoms with Gasteiger partial charge >= 0.3 is 11.8 Å². The van der Waals surface area contributed by atoms with E-state index in [0.29, 0.717) is 19.1 Å². The Morgan fingerprint density at radius 1 is 1.12 bits per heavy atom. The van der Waals surface area contributed by atoms with E-state index in [-0.39, 0.29) is 25.1 Å². The largest absolute Gasteiger partial charge is 0.445 e. The standard InChI is InChI=1S/C26H32FN7O4SSi/c1-40(2,3)11-10-37-18-33-16-29-24(31-33)21-6-4-20(5-7-21)23-9-8-22(39-23)14-32-17-30-34(26(32)36)13-19(12-27)15-38-25(28)35/h4-9,12,16-17H,10-11,13-15,18H2,1-3H3,(H2,28,35). The molecule has 0 saturated heterocycles. The lowest BCUT2D eigenvalue weighted by atomic mass is 10.1. The molecule has 0 fully saturated rings. The number of amides is 1. The third-order valence-electron chi connectivity index (χ3n) is 5.88. The molecule has 14 heteroatoms. The summed E-state index contributed by atoms with van der Waals surface area (Å²) in [5.74, 6) is 0.635. The SMILES string of the molecule is C[Si](C)(C)CCOCn1cnc(-c2ccc(-c3ccc(Cn4cnn(CC(=CF)COC(N)=O)c4=O)s3)cc2)n1. The Kier molecular flexibility index (Phi) is 9.45. The summed E-state index contributed by atoms with van der Waals surface area (Å²) in [5, 5.41) is 8.56. The molecule has 0 saturated carbocycles. The van der Waals surface area contributed by atoms with Gasteiger partial charge in [0.15, 0.2) is 5.82 Å². The number of aromatic nitrogens is 6. The summed E-state index contributed by atoms with van der Waals surface area (Å²) in [7, 11) is -1.13. The van der Waals surface area contributed by atoms with Crippen molar-refractivity contribution in [2.45, 2.75) is 45.5 Å². The zero-order chi connectivity index (χ0) is 28.7. The van der Waals surface area contributed by atoms with Gasteiger partial charge in [-0.05, 0) is 23.7 Å². The highest BCUT2D eigenvalue weighted by Gasteiger charge is 2.13. The molecule has 4 aromatic rings. The van der Waals surface area contributed by atoms with Crippen molar-refractivity contribution in [2.24, 2.45) is 5.73 Å². The quantitative estimate of drug-likeness (QED) is 0.182. The zero-order valence-corrected chi connectivity index (χ0v) is 24.4. The van der Waals surface area contributed by atoms with E-state index in [9.17, 15) is 14.0 Å². The Labute approximate surface area is 235 Å². The van der Waals surface area contributed by atoms with Crippen LogP contribution in [-0.4, -0.2) is 56.5 Å². The molecule has 0 bridgehead atoms. The molecule has 0 spiro atoms. The van der Waals surface area contributed by atoms with Crippen molar-refractivity contribution < 1.29 is 18.7 Å². The maximum Gasteiger partial charge on any atom is 0.404 e. The second-order valence-electron chi connectivity index (χ2n) is 10.4. The fourth-order valence-corrected chi connectivity index (χ4v) is 5.42. The highest BCUT2D eigenvalue weighted by Crippen LogP contribution is 2.30. The highest BCUT2D eigenvalue weighted by molar-refractivity contribution is 7.15. The summed E-state index contributed by atoms with van der Waals surface area (Å²) < 4.78 is 27.7. The van der Waals surface area contributed by atoms with Gasteiger partial charge in [0.2, 0.25) is 0 Å². The van der Waals surface area contributed by atoms with Crippen LogP contribution < -0.4 is 11.4 Å². The second kappa shape index (κ2) is 13.0. The molecule has 212 valence electrons. The van der Waals surface area contributed by atoms with Gasteiger partial charge in [-0.25, -0.2) is 28.3 Å². The third kappa shape index (κ3) is 8.06. The first kappa shape index (κ1) is 29.1. The summed E-state index contributed by atoms with van der Waals surface area (Å²) >= 11 is 1.56. The molecule has 0 aliphatic rings. The first-order chi connectivity index (χ1) is 19.1. The van der Waals surface area contributed by atoms with Gasteiger partial charge in [0, 0.05) is 35.6 Å². The number of ether oxygens (including phenoxy) is 2. The van der Waals surface area contributed by atoms with Gasteiger partial charge in [0.05, 0.1) is 19.4 Å².